The van der Waals surface area contributed by atoms with Gasteiger partial charge in [0.2, 0.25) is 0 Å². The number of amides is 1. The van der Waals surface area contributed by atoms with Crippen molar-refractivity contribution in [2.75, 3.05) is 24.6 Å². The van der Waals surface area contributed by atoms with Crippen molar-refractivity contribution in [1.82, 2.24) is 19.9 Å². The van der Waals surface area contributed by atoms with Crippen LogP contribution in [0.1, 0.15) is 24.8 Å². The van der Waals surface area contributed by atoms with E-state index in [0.29, 0.717) is 6.61 Å². The normalized spacial score (nSPS) is 21.4. The quantitative estimate of drug-likeness (QED) is 0.738. The first kappa shape index (κ1) is 18.0. The van der Waals surface area contributed by atoms with Crippen LogP contribution in [0.4, 0.5) is 10.6 Å². The summed E-state index contributed by atoms with van der Waals surface area (Å²) in [7, 11) is 0. The van der Waals surface area contributed by atoms with Crippen molar-refractivity contribution in [3.63, 3.8) is 0 Å². The van der Waals surface area contributed by atoms with E-state index in [-0.39, 0.29) is 18.2 Å². The van der Waals surface area contributed by atoms with Gasteiger partial charge in [-0.1, -0.05) is 30.3 Å². The molecule has 1 amide bonds. The lowest BCUT2D eigenvalue weighted by Crippen LogP contribution is -2.52. The summed E-state index contributed by atoms with van der Waals surface area (Å²) in [5.41, 5.74) is 2.04. The Labute approximate surface area is 169 Å². The Morgan fingerprint density at radius 1 is 1.10 bits per heavy atom. The fourth-order valence-electron chi connectivity index (χ4n) is 4.75. The summed E-state index contributed by atoms with van der Waals surface area (Å²) in [6.07, 6.45) is 7.04. The van der Waals surface area contributed by atoms with E-state index in [1.54, 1.807) is 6.33 Å². The summed E-state index contributed by atoms with van der Waals surface area (Å²) >= 11 is 0. The molecule has 0 aliphatic carbocycles. The number of fused-ring (bicyclic) bond motifs is 2. The van der Waals surface area contributed by atoms with Crippen molar-refractivity contribution in [3.8, 4) is 0 Å². The summed E-state index contributed by atoms with van der Waals surface area (Å²) in [6, 6.07) is 12.6. The molecule has 7 nitrogen and oxygen atoms in total. The van der Waals surface area contributed by atoms with Gasteiger partial charge in [-0.05, 0) is 30.9 Å². The van der Waals surface area contributed by atoms with Crippen molar-refractivity contribution in [2.24, 2.45) is 0 Å². The maximum absolute atomic E-state index is 12.8. The fourth-order valence-corrected chi connectivity index (χ4v) is 4.75. The molecule has 0 radical (unpaired) electrons. The third kappa shape index (κ3) is 3.41. The van der Waals surface area contributed by atoms with E-state index < -0.39 is 0 Å². The van der Waals surface area contributed by atoms with Gasteiger partial charge in [0.15, 0.2) is 0 Å². The molecule has 2 aliphatic heterocycles. The number of carbonyl (C=O) groups is 1. The summed E-state index contributed by atoms with van der Waals surface area (Å²) < 4.78 is 5.63. The van der Waals surface area contributed by atoms with Gasteiger partial charge in [0.25, 0.3) is 0 Å². The number of carbonyl (C=O) groups excluding carboxylic acids is 1. The molecule has 2 aromatic heterocycles. The van der Waals surface area contributed by atoms with Gasteiger partial charge in [0.1, 0.15) is 17.8 Å². The first-order valence-corrected chi connectivity index (χ1v) is 10.3. The maximum atomic E-state index is 12.8. The zero-order valence-corrected chi connectivity index (χ0v) is 16.3. The van der Waals surface area contributed by atoms with Crippen LogP contribution in [0.5, 0.6) is 0 Å². The number of piperidine rings is 1. The van der Waals surface area contributed by atoms with Gasteiger partial charge in [0, 0.05) is 25.7 Å². The molecule has 2 atom stereocenters. The molecule has 0 saturated carbocycles. The molecule has 2 unspecified atom stereocenters. The van der Waals surface area contributed by atoms with Crippen LogP contribution in [-0.2, 0) is 11.2 Å². The highest BCUT2D eigenvalue weighted by Gasteiger charge is 2.43. The van der Waals surface area contributed by atoms with E-state index in [1.165, 1.54) is 5.56 Å². The van der Waals surface area contributed by atoms with Crippen molar-refractivity contribution in [2.45, 2.75) is 37.8 Å². The lowest BCUT2D eigenvalue weighted by molar-refractivity contribution is 0.0730. The Balaban J connectivity index is 1.27. The van der Waals surface area contributed by atoms with Crippen molar-refractivity contribution < 1.29 is 9.53 Å². The first-order valence-electron chi connectivity index (χ1n) is 10.3. The number of aromatic nitrogens is 3. The highest BCUT2D eigenvalue weighted by atomic mass is 16.6. The summed E-state index contributed by atoms with van der Waals surface area (Å²) in [6.45, 7) is 2.07. The number of ether oxygens (including phenoxy) is 1. The molecule has 150 valence electrons. The van der Waals surface area contributed by atoms with Crippen molar-refractivity contribution >= 4 is 22.9 Å². The molecule has 2 saturated heterocycles. The molecule has 1 aromatic carbocycles. The Kier molecular flexibility index (Phi) is 4.79. The SMILES string of the molecule is O=C(OCCc1ccccc1)N1CCCC2C1CCN2c1ncnc2[nH]ccc12. The van der Waals surface area contributed by atoms with Crippen LogP contribution in [0, 0.1) is 0 Å². The second-order valence-corrected chi connectivity index (χ2v) is 7.74. The van der Waals surface area contributed by atoms with Crippen molar-refractivity contribution in [3.05, 3.63) is 54.5 Å². The van der Waals surface area contributed by atoms with Crippen LogP contribution in [-0.4, -0.2) is 57.7 Å². The zero-order valence-electron chi connectivity index (χ0n) is 16.3. The lowest BCUT2D eigenvalue weighted by atomic mass is 9.97. The number of likely N-dealkylation sites (tertiary alicyclic amines) is 1. The Hall–Kier alpha value is -3.09. The van der Waals surface area contributed by atoms with Gasteiger partial charge in [-0.2, -0.15) is 0 Å². The second-order valence-electron chi connectivity index (χ2n) is 7.74. The summed E-state index contributed by atoms with van der Waals surface area (Å²) in [5, 5.41) is 1.04. The molecule has 0 spiro atoms. The van der Waals surface area contributed by atoms with E-state index in [1.807, 2.05) is 35.4 Å². The van der Waals surface area contributed by atoms with E-state index in [4.69, 9.17) is 4.74 Å². The molecular weight excluding hydrogens is 366 g/mol. The lowest BCUT2D eigenvalue weighted by Gasteiger charge is -2.39. The van der Waals surface area contributed by atoms with Crippen molar-refractivity contribution in [1.29, 1.82) is 0 Å². The average molecular weight is 391 g/mol. The Morgan fingerprint density at radius 3 is 2.90 bits per heavy atom. The van der Waals surface area contributed by atoms with Gasteiger partial charge in [-0.15, -0.1) is 0 Å². The number of H-pyrrole nitrogens is 1. The van der Waals surface area contributed by atoms with Crippen LogP contribution in [0.3, 0.4) is 0 Å². The number of rotatable bonds is 4. The largest absolute Gasteiger partial charge is 0.449 e. The van der Waals surface area contributed by atoms with Crippen LogP contribution in [0.25, 0.3) is 11.0 Å². The van der Waals surface area contributed by atoms with Gasteiger partial charge in [-0.25, -0.2) is 14.8 Å². The molecule has 7 heteroatoms. The minimum absolute atomic E-state index is 0.178. The topological polar surface area (TPSA) is 74.3 Å². The van der Waals surface area contributed by atoms with E-state index >= 15 is 0 Å². The van der Waals surface area contributed by atoms with E-state index in [0.717, 1.165) is 55.6 Å². The predicted octanol–water partition coefficient (Wildman–Crippen LogP) is 3.38. The molecule has 0 bridgehead atoms. The molecule has 2 aliphatic rings. The molecule has 3 aromatic rings. The standard InChI is InChI=1S/C22H25N5O2/c28-22(29-14-10-16-5-2-1-3-6-16)27-12-4-7-18-19(27)9-13-26(18)21-17-8-11-23-20(17)24-15-25-21/h1-3,5-6,8,11,15,18-19H,4,7,9-10,12-14H2,(H,23,24,25). The van der Waals surface area contributed by atoms with Crippen LogP contribution < -0.4 is 4.90 Å². The predicted molar refractivity (Wildman–Crippen MR) is 111 cm³/mol. The Bertz CT molecular complexity index is 989. The zero-order chi connectivity index (χ0) is 19.6. The molecular formula is C22H25N5O2. The molecule has 29 heavy (non-hydrogen) atoms. The van der Waals surface area contributed by atoms with Gasteiger partial charge in [-0.3, -0.25) is 0 Å². The molecule has 5 rings (SSSR count). The fraction of sp³-hybridized carbons (Fsp3) is 0.409. The highest BCUT2D eigenvalue weighted by Crippen LogP contribution is 2.36. The molecule has 4 heterocycles. The number of nitrogens with zero attached hydrogens (tertiary/aromatic N) is 4. The van der Waals surface area contributed by atoms with Gasteiger partial charge >= 0.3 is 6.09 Å². The molecule has 1 N–H and O–H groups in total. The highest BCUT2D eigenvalue weighted by molar-refractivity contribution is 5.87. The minimum atomic E-state index is -0.188. The monoisotopic (exact) mass is 391 g/mol. The summed E-state index contributed by atoms with van der Waals surface area (Å²) in [5.74, 6) is 0.961. The van der Waals surface area contributed by atoms with Crippen LogP contribution in [0.2, 0.25) is 0 Å². The number of hydrogen-bond acceptors (Lipinski definition) is 5. The number of nitrogens with one attached hydrogen (secondary N) is 1. The van der Waals surface area contributed by atoms with Crippen LogP contribution >= 0.6 is 0 Å². The number of aromatic amines is 1. The average Bonchev–Trinajstić information content (AvgIpc) is 3.41. The molecule has 2 fully saturated rings. The number of benzene rings is 1. The van der Waals surface area contributed by atoms with E-state index in [2.05, 4.69) is 32.0 Å². The minimum Gasteiger partial charge on any atom is -0.449 e. The maximum Gasteiger partial charge on any atom is 0.410 e. The number of anilines is 1. The second kappa shape index (κ2) is 7.73. The third-order valence-electron chi connectivity index (χ3n) is 6.11. The third-order valence-corrected chi connectivity index (χ3v) is 6.11. The Morgan fingerprint density at radius 2 is 2.00 bits per heavy atom. The van der Waals surface area contributed by atoms with Gasteiger partial charge < -0.3 is 19.5 Å². The first-order chi connectivity index (χ1) is 14.3. The van der Waals surface area contributed by atoms with Crippen LogP contribution in [0.15, 0.2) is 48.9 Å². The van der Waals surface area contributed by atoms with Gasteiger partial charge in [0.05, 0.1) is 24.1 Å². The van der Waals surface area contributed by atoms with E-state index in [9.17, 15) is 4.79 Å². The summed E-state index contributed by atoms with van der Waals surface area (Å²) in [4.78, 5) is 29.1. The smallest absolute Gasteiger partial charge is 0.410 e. The number of hydrogen-bond donors (Lipinski definition) is 1.